The second kappa shape index (κ2) is 7.34. The second-order valence-electron chi connectivity index (χ2n) is 6.89. The molecule has 0 aliphatic rings. The zero-order valence-electron chi connectivity index (χ0n) is 14.2. The number of carbonyl (C=O) groups excluding carboxylic acids is 1. The van der Waals surface area contributed by atoms with Crippen molar-refractivity contribution in [1.82, 2.24) is 10.6 Å². The molecule has 0 fully saturated rings. The van der Waals surface area contributed by atoms with Gasteiger partial charge in [0.05, 0.1) is 11.6 Å². The fraction of sp³-hybridized carbons (Fsp3) is 0.588. The molecule has 130 valence electrons. The summed E-state index contributed by atoms with van der Waals surface area (Å²) in [5, 5.41) is 5.81. The lowest BCUT2D eigenvalue weighted by atomic mass is 9.81. The third-order valence-electron chi connectivity index (χ3n) is 3.66. The lowest BCUT2D eigenvalue weighted by molar-refractivity contribution is -0.137. The lowest BCUT2D eigenvalue weighted by Gasteiger charge is -2.33. The van der Waals surface area contributed by atoms with Gasteiger partial charge in [0.25, 0.3) is 0 Å². The Hall–Kier alpha value is -1.56. The Morgan fingerprint density at radius 3 is 2.30 bits per heavy atom. The quantitative estimate of drug-likeness (QED) is 0.863. The monoisotopic (exact) mass is 330 g/mol. The first kappa shape index (κ1) is 19.5. The highest BCUT2D eigenvalue weighted by atomic mass is 19.4. The molecule has 0 aromatic heterocycles. The van der Waals surface area contributed by atoms with Crippen molar-refractivity contribution < 1.29 is 18.0 Å². The van der Waals surface area contributed by atoms with Crippen molar-refractivity contribution in [3.8, 4) is 0 Å². The average molecular weight is 330 g/mol. The molecule has 3 nitrogen and oxygen atoms in total. The highest BCUT2D eigenvalue weighted by Crippen LogP contribution is 2.36. The molecular formula is C17H25F3N2O. The van der Waals surface area contributed by atoms with E-state index >= 15 is 0 Å². The molecule has 2 unspecified atom stereocenters. The summed E-state index contributed by atoms with van der Waals surface area (Å²) < 4.78 is 38.8. The van der Waals surface area contributed by atoms with Gasteiger partial charge < -0.3 is 10.6 Å². The second-order valence-corrected chi connectivity index (χ2v) is 6.89. The largest absolute Gasteiger partial charge is 0.416 e. The number of hydrogen-bond donors (Lipinski definition) is 2. The predicted molar refractivity (Wildman–Crippen MR) is 84.9 cm³/mol. The molecule has 0 bridgehead atoms. The lowest BCUT2D eigenvalue weighted by Crippen LogP contribution is -2.41. The van der Waals surface area contributed by atoms with E-state index in [0.29, 0.717) is 12.1 Å². The molecule has 2 N–H and O–H groups in total. The van der Waals surface area contributed by atoms with Crippen LogP contribution in [0.1, 0.15) is 44.9 Å². The number of nitrogens with one attached hydrogen (secondary N) is 2. The third-order valence-corrected chi connectivity index (χ3v) is 3.66. The minimum Gasteiger partial charge on any atom is -0.348 e. The van der Waals surface area contributed by atoms with Crippen LogP contribution in [0.5, 0.6) is 0 Å². The average Bonchev–Trinajstić information content (AvgIpc) is 2.42. The number of amides is 1. The molecule has 0 spiro atoms. The number of benzene rings is 1. The molecule has 1 rings (SSSR count). The summed E-state index contributed by atoms with van der Waals surface area (Å²) in [5.41, 5.74) is -0.668. The van der Waals surface area contributed by atoms with E-state index in [4.69, 9.17) is 0 Å². The molecular weight excluding hydrogens is 305 g/mol. The van der Waals surface area contributed by atoms with Gasteiger partial charge in [0.15, 0.2) is 0 Å². The van der Waals surface area contributed by atoms with E-state index in [1.165, 1.54) is 6.07 Å². The van der Waals surface area contributed by atoms with E-state index in [-0.39, 0.29) is 11.8 Å². The maximum Gasteiger partial charge on any atom is 0.416 e. The molecule has 2 atom stereocenters. The van der Waals surface area contributed by atoms with Crippen LogP contribution in [-0.4, -0.2) is 19.5 Å². The first-order valence-corrected chi connectivity index (χ1v) is 7.59. The SMILES string of the molecule is CNCC(C)C(=O)NC(c1cccc(C(F)(F)F)c1)C(C)(C)C. The van der Waals surface area contributed by atoms with Gasteiger partial charge in [0.2, 0.25) is 5.91 Å². The van der Waals surface area contributed by atoms with Crippen LogP contribution in [0, 0.1) is 11.3 Å². The van der Waals surface area contributed by atoms with Crippen LogP contribution in [0.15, 0.2) is 24.3 Å². The van der Waals surface area contributed by atoms with Gasteiger partial charge in [-0.3, -0.25) is 4.79 Å². The van der Waals surface area contributed by atoms with Crippen LogP contribution in [0.3, 0.4) is 0 Å². The van der Waals surface area contributed by atoms with Crippen LogP contribution in [0.2, 0.25) is 0 Å². The van der Waals surface area contributed by atoms with E-state index in [1.54, 1.807) is 20.0 Å². The highest BCUT2D eigenvalue weighted by molar-refractivity contribution is 5.79. The Morgan fingerprint density at radius 2 is 1.83 bits per heavy atom. The molecule has 0 radical (unpaired) electrons. The van der Waals surface area contributed by atoms with Gasteiger partial charge in [-0.15, -0.1) is 0 Å². The Kier molecular flexibility index (Phi) is 6.22. The maximum atomic E-state index is 12.9. The van der Waals surface area contributed by atoms with Gasteiger partial charge in [0.1, 0.15) is 0 Å². The van der Waals surface area contributed by atoms with E-state index in [1.807, 2.05) is 20.8 Å². The number of rotatable bonds is 5. The smallest absolute Gasteiger partial charge is 0.348 e. The van der Waals surface area contributed by atoms with Crippen molar-refractivity contribution in [2.45, 2.75) is 39.9 Å². The molecule has 6 heteroatoms. The number of alkyl halides is 3. The zero-order chi connectivity index (χ0) is 17.8. The molecule has 0 aliphatic heterocycles. The zero-order valence-corrected chi connectivity index (χ0v) is 14.2. The van der Waals surface area contributed by atoms with Gasteiger partial charge in [-0.05, 0) is 30.2 Å². The van der Waals surface area contributed by atoms with Crippen LogP contribution in [-0.2, 0) is 11.0 Å². The fourth-order valence-corrected chi connectivity index (χ4v) is 2.38. The van der Waals surface area contributed by atoms with Crippen LogP contribution >= 0.6 is 0 Å². The minimum atomic E-state index is -4.40. The summed E-state index contributed by atoms with van der Waals surface area (Å²) in [6.45, 7) is 7.95. The summed E-state index contributed by atoms with van der Waals surface area (Å²) in [7, 11) is 1.75. The standard InChI is InChI=1S/C17H25F3N2O/c1-11(10-21-5)15(23)22-14(16(2,3)4)12-7-6-8-13(9-12)17(18,19)20/h6-9,11,14,21H,10H2,1-5H3,(H,22,23). The van der Waals surface area contributed by atoms with Crippen molar-refractivity contribution in [3.05, 3.63) is 35.4 Å². The normalized spacial score (nSPS) is 15.1. The third kappa shape index (κ3) is 5.53. The Bertz CT molecular complexity index is 535. The van der Waals surface area contributed by atoms with Crippen molar-refractivity contribution in [1.29, 1.82) is 0 Å². The molecule has 0 heterocycles. The molecule has 0 aliphatic carbocycles. The van der Waals surface area contributed by atoms with Gasteiger partial charge in [-0.2, -0.15) is 13.2 Å². The van der Waals surface area contributed by atoms with E-state index in [2.05, 4.69) is 10.6 Å². The Labute approximate surface area is 135 Å². The fourth-order valence-electron chi connectivity index (χ4n) is 2.38. The number of carbonyl (C=O) groups is 1. The van der Waals surface area contributed by atoms with E-state index < -0.39 is 23.2 Å². The summed E-state index contributed by atoms with van der Waals surface area (Å²) in [4.78, 5) is 12.3. The summed E-state index contributed by atoms with van der Waals surface area (Å²) in [6, 6.07) is 4.64. The maximum absolute atomic E-state index is 12.9. The molecule has 1 aromatic carbocycles. The molecule has 23 heavy (non-hydrogen) atoms. The summed E-state index contributed by atoms with van der Waals surface area (Å²) >= 11 is 0. The van der Waals surface area contributed by atoms with Gasteiger partial charge in [0, 0.05) is 12.5 Å². The summed E-state index contributed by atoms with van der Waals surface area (Å²) in [6.07, 6.45) is -4.40. The van der Waals surface area contributed by atoms with Gasteiger partial charge in [-0.25, -0.2) is 0 Å². The van der Waals surface area contributed by atoms with Crippen LogP contribution in [0.4, 0.5) is 13.2 Å². The number of halogens is 3. The van der Waals surface area contributed by atoms with E-state index in [9.17, 15) is 18.0 Å². The first-order chi connectivity index (χ1) is 10.5. The molecule has 0 saturated heterocycles. The van der Waals surface area contributed by atoms with Gasteiger partial charge in [-0.1, -0.05) is 39.8 Å². The van der Waals surface area contributed by atoms with Gasteiger partial charge >= 0.3 is 6.18 Å². The van der Waals surface area contributed by atoms with Crippen molar-refractivity contribution in [2.24, 2.45) is 11.3 Å². The highest BCUT2D eigenvalue weighted by Gasteiger charge is 2.33. The number of hydrogen-bond acceptors (Lipinski definition) is 2. The minimum absolute atomic E-state index is 0.184. The Balaban J connectivity index is 3.11. The van der Waals surface area contributed by atoms with Crippen molar-refractivity contribution in [2.75, 3.05) is 13.6 Å². The first-order valence-electron chi connectivity index (χ1n) is 7.59. The molecule has 1 amide bonds. The van der Waals surface area contributed by atoms with Crippen molar-refractivity contribution >= 4 is 5.91 Å². The summed E-state index contributed by atoms with van der Waals surface area (Å²) in [5.74, 6) is -0.452. The molecule has 1 aromatic rings. The molecule has 0 saturated carbocycles. The van der Waals surface area contributed by atoms with Crippen LogP contribution < -0.4 is 10.6 Å². The predicted octanol–water partition coefficient (Wildman–Crippen LogP) is 3.76. The topological polar surface area (TPSA) is 41.1 Å². The Morgan fingerprint density at radius 1 is 1.22 bits per heavy atom. The van der Waals surface area contributed by atoms with Crippen molar-refractivity contribution in [3.63, 3.8) is 0 Å². The van der Waals surface area contributed by atoms with E-state index in [0.717, 1.165) is 12.1 Å². The van der Waals surface area contributed by atoms with Crippen LogP contribution in [0.25, 0.3) is 0 Å².